The Kier molecular flexibility index (Phi) is 7.80. The van der Waals surface area contributed by atoms with Crippen LogP contribution in [-0.2, 0) is 9.09 Å². The number of phosphoric ester groups is 1. The number of hydrogen-bond donors (Lipinski definition) is 2. The third-order valence-corrected chi connectivity index (χ3v) is 5.62. The third-order valence-electron chi connectivity index (χ3n) is 2.27. The van der Waals surface area contributed by atoms with Crippen LogP contribution in [0.4, 0.5) is 0 Å². The summed E-state index contributed by atoms with van der Waals surface area (Å²) in [4.78, 5) is 18.0. The maximum atomic E-state index is 11.1. The molecule has 104 valence electrons. The van der Waals surface area contributed by atoms with Gasteiger partial charge in [0.25, 0.3) is 0 Å². The lowest BCUT2D eigenvalue weighted by Crippen LogP contribution is -2.39. The molecule has 0 bridgehead atoms. The smallest absolute Gasteiger partial charge is 0.303 e. The lowest BCUT2D eigenvalue weighted by atomic mass is 9.81. The van der Waals surface area contributed by atoms with Crippen molar-refractivity contribution in [3.05, 3.63) is 0 Å². The van der Waals surface area contributed by atoms with Crippen molar-refractivity contribution in [1.82, 2.24) is 0 Å². The highest BCUT2D eigenvalue weighted by Crippen LogP contribution is 2.47. The summed E-state index contributed by atoms with van der Waals surface area (Å²) in [5, 5.41) is 1.04. The first-order valence-electron chi connectivity index (χ1n) is 5.04. The van der Waals surface area contributed by atoms with E-state index in [-0.39, 0.29) is 11.3 Å². The molecule has 4 nitrogen and oxygen atoms in total. The van der Waals surface area contributed by atoms with Crippen LogP contribution in [0.1, 0.15) is 26.7 Å². The van der Waals surface area contributed by atoms with E-state index in [0.29, 0.717) is 23.5 Å². The van der Waals surface area contributed by atoms with Gasteiger partial charge in [0.1, 0.15) is 0 Å². The predicted molar refractivity (Wildman–Crippen MR) is 77.2 cm³/mol. The summed E-state index contributed by atoms with van der Waals surface area (Å²) in [6.07, 6.45) is 0.871. The van der Waals surface area contributed by atoms with Crippen molar-refractivity contribution in [3.63, 3.8) is 0 Å². The molecule has 1 unspecified atom stereocenters. The van der Waals surface area contributed by atoms with Crippen LogP contribution in [0.2, 0.25) is 0 Å². The fourth-order valence-electron chi connectivity index (χ4n) is 1.65. The lowest BCUT2D eigenvalue weighted by Gasteiger charge is -2.37. The van der Waals surface area contributed by atoms with Crippen molar-refractivity contribution in [2.45, 2.75) is 32.3 Å². The van der Waals surface area contributed by atoms with E-state index in [1.807, 2.05) is 13.8 Å². The zero-order valence-corrected chi connectivity index (χ0v) is 14.6. The van der Waals surface area contributed by atoms with Crippen LogP contribution in [0, 0.1) is 5.41 Å². The highest BCUT2D eigenvalue weighted by Gasteiger charge is 2.40. The van der Waals surface area contributed by atoms with Crippen LogP contribution >= 0.6 is 51.3 Å². The quantitative estimate of drug-likeness (QED) is 0.468. The Hall–Kier alpha value is 1.36. The van der Waals surface area contributed by atoms with Gasteiger partial charge in [-0.15, -0.1) is 11.6 Å². The number of phosphoric acid groups is 1. The second kappa shape index (κ2) is 7.22. The molecular formula is C9H18Br2ClO4P. The lowest BCUT2D eigenvalue weighted by molar-refractivity contribution is 0.0198. The summed E-state index contributed by atoms with van der Waals surface area (Å²) in [5.41, 5.74) is -1.09. The Morgan fingerprint density at radius 2 is 1.82 bits per heavy atom. The number of alkyl halides is 3. The summed E-state index contributed by atoms with van der Waals surface area (Å²) < 4.78 is 16.0. The molecule has 0 rings (SSSR count). The Bertz CT molecular complexity index is 284. The van der Waals surface area contributed by atoms with Gasteiger partial charge < -0.3 is 9.79 Å². The van der Waals surface area contributed by atoms with Crippen molar-refractivity contribution in [2.24, 2.45) is 5.41 Å². The fraction of sp³-hybridized carbons (Fsp3) is 1.00. The van der Waals surface area contributed by atoms with Crippen molar-refractivity contribution < 1.29 is 18.9 Å². The summed E-state index contributed by atoms with van der Waals surface area (Å²) >= 11 is 12.4. The molecule has 1 atom stereocenters. The van der Waals surface area contributed by atoms with Gasteiger partial charge in [0, 0.05) is 16.5 Å². The molecule has 0 radical (unpaired) electrons. The maximum absolute atomic E-state index is 11.1. The molecule has 0 spiro atoms. The van der Waals surface area contributed by atoms with Gasteiger partial charge in [0.2, 0.25) is 0 Å². The molecule has 17 heavy (non-hydrogen) atoms. The van der Waals surface area contributed by atoms with Gasteiger partial charge in [-0.2, -0.15) is 0 Å². The summed E-state index contributed by atoms with van der Waals surface area (Å²) in [6, 6.07) is 0. The third kappa shape index (κ3) is 7.51. The summed E-state index contributed by atoms with van der Waals surface area (Å²) in [5.74, 6) is 0.282. The number of hydrogen-bond acceptors (Lipinski definition) is 2. The highest BCUT2D eigenvalue weighted by molar-refractivity contribution is 9.09. The van der Waals surface area contributed by atoms with E-state index in [0.717, 1.165) is 0 Å². The zero-order valence-electron chi connectivity index (χ0n) is 9.83. The summed E-state index contributed by atoms with van der Waals surface area (Å²) in [7, 11) is -4.53. The fourth-order valence-corrected chi connectivity index (χ4v) is 3.69. The molecule has 8 heteroatoms. The Balaban J connectivity index is 5.01. The molecule has 0 aromatic rings. The van der Waals surface area contributed by atoms with Gasteiger partial charge >= 0.3 is 7.82 Å². The molecule has 0 saturated carbocycles. The van der Waals surface area contributed by atoms with E-state index in [4.69, 9.17) is 25.9 Å². The average Bonchev–Trinajstić information content (AvgIpc) is 2.15. The van der Waals surface area contributed by atoms with Crippen LogP contribution in [0.5, 0.6) is 0 Å². The van der Waals surface area contributed by atoms with E-state index in [2.05, 4.69) is 31.9 Å². The second-order valence-corrected chi connectivity index (χ2v) is 7.48. The summed E-state index contributed by atoms with van der Waals surface area (Å²) in [6.45, 7) is 3.99. The Labute approximate surface area is 124 Å². The van der Waals surface area contributed by atoms with Crippen LogP contribution in [0.3, 0.4) is 0 Å². The van der Waals surface area contributed by atoms with Gasteiger partial charge in [-0.3, -0.25) is 4.52 Å². The van der Waals surface area contributed by atoms with Gasteiger partial charge in [0.15, 0.2) is 0 Å². The Morgan fingerprint density at radius 3 is 2.12 bits per heavy atom. The van der Waals surface area contributed by atoms with Crippen molar-refractivity contribution in [2.75, 3.05) is 16.5 Å². The van der Waals surface area contributed by atoms with Gasteiger partial charge in [-0.25, -0.2) is 4.57 Å². The van der Waals surface area contributed by atoms with Crippen molar-refractivity contribution in [1.29, 1.82) is 0 Å². The number of halogens is 3. The molecule has 0 heterocycles. The molecule has 0 aliphatic carbocycles. The minimum absolute atomic E-state index is 0.144. The minimum Gasteiger partial charge on any atom is -0.303 e. The molecule has 0 aliphatic rings. The van der Waals surface area contributed by atoms with Gasteiger partial charge in [-0.05, 0) is 18.3 Å². The molecule has 2 N–H and O–H groups in total. The van der Waals surface area contributed by atoms with E-state index in [1.54, 1.807) is 0 Å². The van der Waals surface area contributed by atoms with Gasteiger partial charge in [-0.1, -0.05) is 45.7 Å². The number of rotatable bonds is 8. The normalized spacial score (nSPS) is 16.9. The van der Waals surface area contributed by atoms with E-state index in [1.165, 1.54) is 0 Å². The molecule has 0 fully saturated rings. The van der Waals surface area contributed by atoms with Crippen LogP contribution < -0.4 is 0 Å². The zero-order chi connectivity index (χ0) is 13.7. The largest absolute Gasteiger partial charge is 0.470 e. The predicted octanol–water partition coefficient (Wildman–Crippen LogP) is 3.67. The monoisotopic (exact) mass is 414 g/mol. The molecule has 0 aliphatic heterocycles. The standard InChI is InChI=1S/C9H18Br2ClO4P/c1-8(2,6-10)5-9(7-11,3-4-12)16-17(13,14)15/h3-7H2,1-2H3,(H2,13,14,15). The Morgan fingerprint density at radius 1 is 1.29 bits per heavy atom. The second-order valence-electron chi connectivity index (χ2n) is 4.81. The van der Waals surface area contributed by atoms with Gasteiger partial charge in [0.05, 0.1) is 5.60 Å². The van der Waals surface area contributed by atoms with E-state index < -0.39 is 13.4 Å². The first-order valence-corrected chi connectivity index (χ1v) is 9.35. The van der Waals surface area contributed by atoms with E-state index in [9.17, 15) is 4.57 Å². The molecule has 0 saturated heterocycles. The molecule has 0 amide bonds. The minimum atomic E-state index is -4.53. The van der Waals surface area contributed by atoms with Crippen LogP contribution in [-0.4, -0.2) is 31.9 Å². The first-order chi connectivity index (χ1) is 7.60. The highest BCUT2D eigenvalue weighted by atomic mass is 79.9. The molecular weight excluding hydrogens is 398 g/mol. The van der Waals surface area contributed by atoms with Crippen LogP contribution in [0.15, 0.2) is 0 Å². The SMILES string of the molecule is CC(C)(CBr)CC(CBr)(CCCl)OP(=O)(O)O. The molecule has 0 aromatic heterocycles. The maximum Gasteiger partial charge on any atom is 0.470 e. The van der Waals surface area contributed by atoms with E-state index >= 15 is 0 Å². The topological polar surface area (TPSA) is 66.8 Å². The molecule has 0 aromatic carbocycles. The average molecular weight is 416 g/mol. The van der Waals surface area contributed by atoms with Crippen molar-refractivity contribution in [3.8, 4) is 0 Å². The van der Waals surface area contributed by atoms with Crippen molar-refractivity contribution >= 4 is 51.3 Å². The van der Waals surface area contributed by atoms with Crippen LogP contribution in [0.25, 0.3) is 0 Å². The first kappa shape index (κ1) is 18.4.